The van der Waals surface area contributed by atoms with Crippen molar-refractivity contribution in [2.24, 2.45) is 5.73 Å². The second-order valence-corrected chi connectivity index (χ2v) is 7.73. The lowest BCUT2D eigenvalue weighted by atomic mass is 9.97. The molecule has 1 heterocycles. The van der Waals surface area contributed by atoms with Gasteiger partial charge in [0.25, 0.3) is 0 Å². The van der Waals surface area contributed by atoms with E-state index in [1.54, 1.807) is 18.2 Å². The zero-order valence-electron chi connectivity index (χ0n) is 13.8. The highest BCUT2D eigenvalue weighted by atomic mass is 79.9. The first-order valence-corrected chi connectivity index (χ1v) is 9.70. The average molecular weight is 456 g/mol. The molecule has 0 unspecified atom stereocenters. The average Bonchev–Trinajstić information content (AvgIpc) is 2.98. The summed E-state index contributed by atoms with van der Waals surface area (Å²) in [6, 6.07) is 8.71. The fourth-order valence-electron chi connectivity index (χ4n) is 3.13. The smallest absolute Gasteiger partial charge is 0.336 e. The second kappa shape index (κ2) is 8.01. The molecule has 2 aromatic carbocycles. The number of rotatable bonds is 6. The Balaban J connectivity index is 2.32. The Bertz CT molecular complexity index is 985. The molecule has 4 nitrogen and oxygen atoms in total. The Hall–Kier alpha value is -1.53. The number of hydrogen-bond acceptors (Lipinski definition) is 2. The van der Waals surface area contributed by atoms with Crippen LogP contribution < -0.4 is 5.73 Å². The molecule has 0 saturated carbocycles. The number of nitrogens with two attached hydrogens (primary N) is 1. The normalized spacial score (nSPS) is 11.2. The fourth-order valence-corrected chi connectivity index (χ4v) is 3.91. The van der Waals surface area contributed by atoms with Crippen LogP contribution in [0.3, 0.4) is 0 Å². The monoisotopic (exact) mass is 454 g/mol. The molecule has 0 aliphatic heterocycles. The molecule has 26 heavy (non-hydrogen) atoms. The molecule has 136 valence electrons. The van der Waals surface area contributed by atoms with Gasteiger partial charge >= 0.3 is 5.97 Å². The van der Waals surface area contributed by atoms with Crippen molar-refractivity contribution < 1.29 is 9.90 Å². The minimum atomic E-state index is -0.988. The molecule has 3 aromatic rings. The van der Waals surface area contributed by atoms with Gasteiger partial charge in [-0.3, -0.25) is 0 Å². The van der Waals surface area contributed by atoms with Crippen molar-refractivity contribution in [3.05, 3.63) is 56.0 Å². The van der Waals surface area contributed by atoms with Crippen molar-refractivity contribution in [2.45, 2.75) is 19.3 Å². The van der Waals surface area contributed by atoms with E-state index in [0.29, 0.717) is 33.9 Å². The van der Waals surface area contributed by atoms with Crippen molar-refractivity contribution in [3.8, 4) is 11.3 Å². The summed E-state index contributed by atoms with van der Waals surface area (Å²) in [4.78, 5) is 15.1. The number of carbonyl (C=O) groups is 1. The SMILES string of the molecule is NCCCCc1c(-c2cc(Br)ccc2Cl)[nH]c2c(Cl)ccc(C(=O)O)c12. The standard InChI is InChI=1S/C19H17BrCl2N2O2/c20-10-4-6-14(21)13(9-10)17-11(3-1-2-8-23)16-12(19(25)26)5-7-15(22)18(16)24-17/h4-7,9,24H,1-3,8,23H2,(H,25,26). The number of H-pyrrole nitrogens is 1. The predicted octanol–water partition coefficient (Wildman–Crippen LogP) is 5.88. The zero-order valence-corrected chi connectivity index (χ0v) is 16.9. The molecule has 0 atom stereocenters. The number of fused-ring (bicyclic) bond motifs is 1. The number of aromatic carboxylic acids is 1. The quantitative estimate of drug-likeness (QED) is 0.405. The molecule has 1 aromatic heterocycles. The molecular weight excluding hydrogens is 439 g/mol. The van der Waals surface area contributed by atoms with Gasteiger partial charge in [0.05, 0.1) is 21.8 Å². The summed E-state index contributed by atoms with van der Waals surface area (Å²) in [6.07, 6.45) is 2.37. The summed E-state index contributed by atoms with van der Waals surface area (Å²) in [7, 11) is 0. The van der Waals surface area contributed by atoms with Gasteiger partial charge in [0, 0.05) is 20.4 Å². The largest absolute Gasteiger partial charge is 0.478 e. The lowest BCUT2D eigenvalue weighted by Gasteiger charge is -2.09. The maximum absolute atomic E-state index is 11.8. The number of unbranched alkanes of at least 4 members (excludes halogenated alkanes) is 1. The molecule has 0 saturated heterocycles. The molecule has 0 bridgehead atoms. The third-order valence-electron chi connectivity index (χ3n) is 4.32. The van der Waals surface area contributed by atoms with E-state index in [0.717, 1.165) is 34.1 Å². The van der Waals surface area contributed by atoms with Gasteiger partial charge in [-0.1, -0.05) is 39.1 Å². The van der Waals surface area contributed by atoms with Gasteiger partial charge in [-0.15, -0.1) is 0 Å². The molecular formula is C19H17BrCl2N2O2. The topological polar surface area (TPSA) is 79.1 Å². The minimum Gasteiger partial charge on any atom is -0.478 e. The molecule has 7 heteroatoms. The van der Waals surface area contributed by atoms with Gasteiger partial charge in [0.2, 0.25) is 0 Å². The van der Waals surface area contributed by atoms with Gasteiger partial charge in [0.1, 0.15) is 0 Å². The number of aromatic nitrogens is 1. The summed E-state index contributed by atoms with van der Waals surface area (Å²) in [5.74, 6) is -0.988. The van der Waals surface area contributed by atoms with E-state index in [4.69, 9.17) is 28.9 Å². The van der Waals surface area contributed by atoms with E-state index in [1.165, 1.54) is 0 Å². The fraction of sp³-hybridized carbons (Fsp3) is 0.211. The number of carboxylic acid groups (broad SMARTS) is 1. The Morgan fingerprint density at radius 2 is 1.88 bits per heavy atom. The van der Waals surface area contributed by atoms with Crippen molar-refractivity contribution in [1.29, 1.82) is 0 Å². The van der Waals surface area contributed by atoms with Gasteiger partial charge in [-0.25, -0.2) is 4.79 Å². The van der Waals surface area contributed by atoms with Crippen LogP contribution in [0.2, 0.25) is 10.0 Å². The maximum Gasteiger partial charge on any atom is 0.336 e. The van der Waals surface area contributed by atoms with Crippen molar-refractivity contribution >= 4 is 56.0 Å². The van der Waals surface area contributed by atoms with Crippen LogP contribution >= 0.6 is 39.1 Å². The Kier molecular flexibility index (Phi) is 5.92. The van der Waals surface area contributed by atoms with E-state index in [2.05, 4.69) is 20.9 Å². The van der Waals surface area contributed by atoms with Crippen LogP contribution in [0.25, 0.3) is 22.2 Å². The number of nitrogens with one attached hydrogen (secondary N) is 1. The molecule has 0 radical (unpaired) electrons. The van der Waals surface area contributed by atoms with E-state index in [1.807, 2.05) is 12.1 Å². The lowest BCUT2D eigenvalue weighted by Crippen LogP contribution is -2.01. The van der Waals surface area contributed by atoms with Crippen LogP contribution in [0.5, 0.6) is 0 Å². The third kappa shape index (κ3) is 3.62. The van der Waals surface area contributed by atoms with Crippen LogP contribution in [0.4, 0.5) is 0 Å². The first-order valence-electron chi connectivity index (χ1n) is 8.16. The molecule has 0 aliphatic rings. The van der Waals surface area contributed by atoms with E-state index in [-0.39, 0.29) is 5.56 Å². The highest BCUT2D eigenvalue weighted by Crippen LogP contribution is 2.40. The number of halogens is 3. The second-order valence-electron chi connectivity index (χ2n) is 6.00. The maximum atomic E-state index is 11.8. The third-order valence-corrected chi connectivity index (χ3v) is 5.45. The van der Waals surface area contributed by atoms with E-state index >= 15 is 0 Å². The molecule has 3 rings (SSSR count). The van der Waals surface area contributed by atoms with Crippen molar-refractivity contribution in [1.82, 2.24) is 4.98 Å². The summed E-state index contributed by atoms with van der Waals surface area (Å²) in [6.45, 7) is 0.585. The van der Waals surface area contributed by atoms with Gasteiger partial charge in [-0.05, 0) is 61.7 Å². The minimum absolute atomic E-state index is 0.223. The highest BCUT2D eigenvalue weighted by Gasteiger charge is 2.22. The van der Waals surface area contributed by atoms with E-state index in [9.17, 15) is 9.90 Å². The zero-order chi connectivity index (χ0) is 18.8. The summed E-state index contributed by atoms with van der Waals surface area (Å²) in [5, 5.41) is 11.3. The van der Waals surface area contributed by atoms with Crippen molar-refractivity contribution in [2.75, 3.05) is 6.54 Å². The summed E-state index contributed by atoms with van der Waals surface area (Å²) >= 11 is 16.2. The lowest BCUT2D eigenvalue weighted by molar-refractivity contribution is 0.0699. The summed E-state index contributed by atoms with van der Waals surface area (Å²) in [5.41, 5.74) is 8.95. The predicted molar refractivity (Wildman–Crippen MR) is 110 cm³/mol. The van der Waals surface area contributed by atoms with Crippen LogP contribution in [0.15, 0.2) is 34.8 Å². The first-order chi connectivity index (χ1) is 12.4. The Labute approximate surface area is 169 Å². The van der Waals surface area contributed by atoms with Crippen LogP contribution in [0.1, 0.15) is 28.8 Å². The van der Waals surface area contributed by atoms with Gasteiger partial charge in [0.15, 0.2) is 0 Å². The first kappa shape index (κ1) is 19.2. The van der Waals surface area contributed by atoms with Gasteiger partial charge in [-0.2, -0.15) is 0 Å². The van der Waals surface area contributed by atoms with Crippen LogP contribution in [-0.4, -0.2) is 22.6 Å². The number of carboxylic acids is 1. The Morgan fingerprint density at radius 3 is 2.58 bits per heavy atom. The van der Waals surface area contributed by atoms with Crippen LogP contribution in [0, 0.1) is 0 Å². The van der Waals surface area contributed by atoms with Crippen LogP contribution in [-0.2, 0) is 6.42 Å². The van der Waals surface area contributed by atoms with Gasteiger partial charge < -0.3 is 15.8 Å². The molecule has 0 fully saturated rings. The number of hydrogen-bond donors (Lipinski definition) is 3. The number of benzene rings is 2. The van der Waals surface area contributed by atoms with Crippen molar-refractivity contribution in [3.63, 3.8) is 0 Å². The molecule has 0 aliphatic carbocycles. The molecule has 0 amide bonds. The molecule has 4 N–H and O–H groups in total. The number of aryl methyl sites for hydroxylation is 1. The Morgan fingerprint density at radius 1 is 1.15 bits per heavy atom. The summed E-state index contributed by atoms with van der Waals surface area (Å²) < 4.78 is 0.882. The van der Waals surface area contributed by atoms with E-state index < -0.39 is 5.97 Å². The molecule has 0 spiro atoms. The number of aromatic amines is 1. The highest BCUT2D eigenvalue weighted by molar-refractivity contribution is 9.10.